The Hall–Kier alpha value is -0.230. The predicted octanol–water partition coefficient (Wildman–Crippen LogP) is -0.254. The Balaban J connectivity index is 2.37. The maximum atomic E-state index is 11.5. The molecule has 1 aliphatic heterocycles. The molecule has 0 bridgehead atoms. The van der Waals surface area contributed by atoms with Gasteiger partial charge in [-0.25, -0.2) is 0 Å². The van der Waals surface area contributed by atoms with Crippen LogP contribution in [-0.4, -0.2) is 35.3 Å². The fourth-order valence-electron chi connectivity index (χ4n) is 1.12. The van der Waals surface area contributed by atoms with Crippen molar-refractivity contribution in [2.75, 3.05) is 6.61 Å². The van der Waals surface area contributed by atoms with Crippen molar-refractivity contribution in [3.05, 3.63) is 0 Å². The second-order valence-corrected chi connectivity index (χ2v) is 2.58. The summed E-state index contributed by atoms with van der Waals surface area (Å²) in [6, 6.07) is 0. The van der Waals surface area contributed by atoms with Crippen LogP contribution in [0.1, 0.15) is 12.8 Å². The van der Waals surface area contributed by atoms with Gasteiger partial charge in [0.25, 0.3) is 0 Å². The minimum atomic E-state index is -1.03. The molecule has 1 saturated heterocycles. The minimum Gasteiger partial charge on any atom is -0.394 e. The second kappa shape index (κ2) is 3.96. The lowest BCUT2D eigenvalue weighted by Gasteiger charge is -2.29. The van der Waals surface area contributed by atoms with Crippen molar-refractivity contribution >= 4 is 0 Å². The van der Waals surface area contributed by atoms with Crippen molar-refractivity contribution in [2.45, 2.75) is 31.3 Å². The van der Waals surface area contributed by atoms with Gasteiger partial charge in [-0.15, -0.1) is 0 Å². The lowest BCUT2D eigenvalue weighted by molar-refractivity contribution is -0.313. The van der Waals surface area contributed by atoms with Crippen LogP contribution in [0.15, 0.2) is 0 Å². The topological polar surface area (TPSA) is 58.9 Å². The van der Waals surface area contributed by atoms with E-state index in [0.717, 1.165) is 0 Å². The predicted molar refractivity (Wildman–Crippen MR) is 33.2 cm³/mol. The molecule has 0 aromatic carbocycles. The van der Waals surface area contributed by atoms with Crippen LogP contribution in [0.5, 0.6) is 0 Å². The SMILES string of the molecule is OCC1CC(O)CC(OF)O1. The van der Waals surface area contributed by atoms with E-state index < -0.39 is 18.5 Å². The number of aliphatic hydroxyl groups excluding tert-OH is 2. The molecule has 0 spiro atoms. The van der Waals surface area contributed by atoms with Gasteiger partial charge in [0, 0.05) is 12.8 Å². The van der Waals surface area contributed by atoms with Gasteiger partial charge in [-0.2, -0.15) is 4.94 Å². The van der Waals surface area contributed by atoms with Crippen LogP contribution in [0.2, 0.25) is 0 Å². The molecule has 3 unspecified atom stereocenters. The monoisotopic (exact) mass is 166 g/mol. The van der Waals surface area contributed by atoms with Crippen molar-refractivity contribution in [1.29, 1.82) is 0 Å². The first-order chi connectivity index (χ1) is 5.26. The number of ether oxygens (including phenoxy) is 1. The fraction of sp³-hybridized carbons (Fsp3) is 1.00. The molecular formula is C6H11FO4. The van der Waals surface area contributed by atoms with E-state index in [1.54, 1.807) is 0 Å². The summed E-state index contributed by atoms with van der Waals surface area (Å²) in [5, 5.41) is 17.7. The quantitative estimate of drug-likeness (QED) is 0.593. The first kappa shape index (κ1) is 8.86. The standard InChI is InChI=1S/C6H11FO4/c7-11-6-2-4(9)1-5(3-8)10-6/h4-6,8-9H,1-3H2. The lowest BCUT2D eigenvalue weighted by atomic mass is 10.1. The summed E-state index contributed by atoms with van der Waals surface area (Å²) in [4.78, 5) is 3.40. The fourth-order valence-corrected chi connectivity index (χ4v) is 1.12. The van der Waals surface area contributed by atoms with Gasteiger partial charge >= 0.3 is 0 Å². The second-order valence-electron chi connectivity index (χ2n) is 2.58. The zero-order valence-electron chi connectivity index (χ0n) is 5.94. The number of hydrogen-bond donors (Lipinski definition) is 2. The number of aliphatic hydroxyl groups is 2. The van der Waals surface area contributed by atoms with Crippen molar-refractivity contribution in [2.24, 2.45) is 0 Å². The van der Waals surface area contributed by atoms with E-state index >= 15 is 0 Å². The Bertz CT molecular complexity index is 109. The summed E-state index contributed by atoms with van der Waals surface area (Å²) in [5.74, 6) is 0. The molecule has 0 aromatic rings. The molecule has 1 aliphatic rings. The first-order valence-corrected chi connectivity index (χ1v) is 3.48. The Morgan fingerprint density at radius 1 is 1.55 bits per heavy atom. The molecule has 4 nitrogen and oxygen atoms in total. The van der Waals surface area contributed by atoms with Gasteiger partial charge in [0.1, 0.15) is 0 Å². The van der Waals surface area contributed by atoms with Gasteiger partial charge in [0.05, 0.1) is 18.8 Å². The van der Waals surface area contributed by atoms with Crippen molar-refractivity contribution in [3.8, 4) is 0 Å². The Labute approximate surface area is 63.4 Å². The van der Waals surface area contributed by atoms with Crippen LogP contribution in [-0.2, 0) is 9.68 Å². The molecule has 1 heterocycles. The van der Waals surface area contributed by atoms with Crippen LogP contribution >= 0.6 is 0 Å². The molecule has 11 heavy (non-hydrogen) atoms. The highest BCUT2D eigenvalue weighted by molar-refractivity contribution is 4.71. The number of rotatable bonds is 2. The molecule has 0 amide bonds. The van der Waals surface area contributed by atoms with Gasteiger partial charge in [-0.05, 0) is 4.53 Å². The lowest BCUT2D eigenvalue weighted by Crippen LogP contribution is -2.37. The van der Waals surface area contributed by atoms with E-state index in [-0.39, 0.29) is 13.0 Å². The summed E-state index contributed by atoms with van der Waals surface area (Å²) >= 11 is 0. The van der Waals surface area contributed by atoms with Gasteiger partial charge in [-0.3, -0.25) is 0 Å². The Morgan fingerprint density at radius 3 is 2.82 bits per heavy atom. The van der Waals surface area contributed by atoms with Crippen LogP contribution in [0.25, 0.3) is 0 Å². The summed E-state index contributed by atoms with van der Waals surface area (Å²) in [6.45, 7) is -0.225. The van der Waals surface area contributed by atoms with Crippen molar-refractivity contribution < 1.29 is 24.4 Å². The molecule has 0 aromatic heterocycles. The molecule has 1 rings (SSSR count). The summed E-state index contributed by atoms with van der Waals surface area (Å²) < 4.78 is 16.4. The van der Waals surface area contributed by atoms with Gasteiger partial charge in [0.15, 0.2) is 6.29 Å². The minimum absolute atomic E-state index is 0.118. The first-order valence-electron chi connectivity index (χ1n) is 3.48. The highest BCUT2D eigenvalue weighted by Gasteiger charge is 2.28. The van der Waals surface area contributed by atoms with E-state index in [1.807, 2.05) is 0 Å². The average molecular weight is 166 g/mol. The molecule has 66 valence electrons. The highest BCUT2D eigenvalue weighted by atomic mass is 19.3. The molecule has 3 atom stereocenters. The third-order valence-electron chi connectivity index (χ3n) is 1.65. The third-order valence-corrected chi connectivity index (χ3v) is 1.65. The highest BCUT2D eigenvalue weighted by Crippen LogP contribution is 2.20. The normalized spacial score (nSPS) is 39.0. The summed E-state index contributed by atoms with van der Waals surface area (Å²) in [7, 11) is 0. The number of halogens is 1. The maximum Gasteiger partial charge on any atom is 0.199 e. The van der Waals surface area contributed by atoms with Crippen LogP contribution in [0.4, 0.5) is 4.53 Å². The third kappa shape index (κ3) is 2.37. The van der Waals surface area contributed by atoms with E-state index in [1.165, 1.54) is 0 Å². The van der Waals surface area contributed by atoms with E-state index in [9.17, 15) is 4.53 Å². The zero-order chi connectivity index (χ0) is 8.27. The molecule has 0 saturated carbocycles. The largest absolute Gasteiger partial charge is 0.394 e. The van der Waals surface area contributed by atoms with E-state index in [4.69, 9.17) is 14.9 Å². The molecule has 0 radical (unpaired) electrons. The number of hydrogen-bond acceptors (Lipinski definition) is 4. The molecule has 0 aliphatic carbocycles. The average Bonchev–Trinajstić information content (AvgIpc) is 2.03. The van der Waals surface area contributed by atoms with Gasteiger partial charge < -0.3 is 14.9 Å². The molecular weight excluding hydrogens is 155 g/mol. The smallest absolute Gasteiger partial charge is 0.199 e. The van der Waals surface area contributed by atoms with Gasteiger partial charge in [0.2, 0.25) is 0 Å². The van der Waals surface area contributed by atoms with Crippen LogP contribution < -0.4 is 0 Å². The zero-order valence-corrected chi connectivity index (χ0v) is 5.94. The Morgan fingerprint density at radius 2 is 2.27 bits per heavy atom. The maximum absolute atomic E-state index is 11.5. The molecule has 5 heteroatoms. The molecule has 1 fully saturated rings. The van der Waals surface area contributed by atoms with Crippen molar-refractivity contribution in [1.82, 2.24) is 0 Å². The van der Waals surface area contributed by atoms with Crippen molar-refractivity contribution in [3.63, 3.8) is 0 Å². The molecule has 2 N–H and O–H groups in total. The summed E-state index contributed by atoms with van der Waals surface area (Å²) in [5.41, 5.74) is 0. The summed E-state index contributed by atoms with van der Waals surface area (Å²) in [6.07, 6.45) is -1.75. The van der Waals surface area contributed by atoms with Crippen LogP contribution in [0.3, 0.4) is 0 Å². The van der Waals surface area contributed by atoms with E-state index in [2.05, 4.69) is 4.94 Å². The van der Waals surface area contributed by atoms with E-state index in [0.29, 0.717) is 6.42 Å². The van der Waals surface area contributed by atoms with Crippen LogP contribution in [0, 0.1) is 0 Å². The van der Waals surface area contributed by atoms with Gasteiger partial charge in [-0.1, -0.05) is 0 Å². The Kier molecular flexibility index (Phi) is 3.19.